The summed E-state index contributed by atoms with van der Waals surface area (Å²) in [6, 6.07) is 0. The molecule has 2 fully saturated rings. The fourth-order valence-electron chi connectivity index (χ4n) is 4.95. The van der Waals surface area contributed by atoms with Crippen molar-refractivity contribution >= 4 is 29.7 Å². The van der Waals surface area contributed by atoms with Gasteiger partial charge in [-0.1, -0.05) is 0 Å². The molecule has 0 aromatic rings. The van der Waals surface area contributed by atoms with E-state index in [0.717, 1.165) is 0 Å². The third-order valence-corrected chi connectivity index (χ3v) is 6.66. The summed E-state index contributed by atoms with van der Waals surface area (Å²) >= 11 is 0. The highest BCUT2D eigenvalue weighted by Crippen LogP contribution is 2.42. The minimum Gasteiger partial charge on any atom is -0.469 e. The lowest BCUT2D eigenvalue weighted by Gasteiger charge is -2.36. The highest BCUT2D eigenvalue weighted by Gasteiger charge is 2.48. The number of esters is 2. The van der Waals surface area contributed by atoms with E-state index in [9.17, 15) is 24.0 Å². The van der Waals surface area contributed by atoms with E-state index in [1.807, 2.05) is 0 Å². The van der Waals surface area contributed by atoms with Crippen molar-refractivity contribution in [2.75, 3.05) is 21.3 Å². The van der Waals surface area contributed by atoms with Gasteiger partial charge in [0.05, 0.1) is 45.0 Å². The van der Waals surface area contributed by atoms with Crippen LogP contribution in [0.15, 0.2) is 0 Å². The molecule has 0 saturated heterocycles. The maximum Gasteiger partial charge on any atom is 0.346 e. The number of carbonyl (C=O) groups is 5. The molecule has 2 aliphatic rings. The molecule has 0 aliphatic heterocycles. The highest BCUT2D eigenvalue weighted by molar-refractivity contribution is 5.88. The molecule has 0 N–H and O–H groups in total. The van der Waals surface area contributed by atoms with E-state index in [1.165, 1.54) is 21.3 Å². The summed E-state index contributed by atoms with van der Waals surface area (Å²) < 4.78 is 9.67. The van der Waals surface area contributed by atoms with Crippen molar-refractivity contribution in [3.8, 4) is 0 Å². The minimum absolute atomic E-state index is 0.0923. The molecule has 0 spiro atoms. The summed E-state index contributed by atoms with van der Waals surface area (Å²) in [6.07, 6.45) is 1.50. The maximum absolute atomic E-state index is 13.5. The lowest BCUT2D eigenvalue weighted by Crippen LogP contribution is -2.43. The fraction of sp³-hybridized carbons (Fsp3) is 0.792. The summed E-state index contributed by atoms with van der Waals surface area (Å²) in [7, 11) is 3.66. The van der Waals surface area contributed by atoms with Gasteiger partial charge in [-0.25, -0.2) is 9.59 Å². The summed E-state index contributed by atoms with van der Waals surface area (Å²) in [4.78, 5) is 82.4. The average molecular weight is 501 g/mol. The Bertz CT molecular complexity index is 800. The van der Waals surface area contributed by atoms with Crippen LogP contribution in [-0.2, 0) is 53.0 Å². The van der Waals surface area contributed by atoms with Gasteiger partial charge in [-0.15, -0.1) is 0 Å². The van der Waals surface area contributed by atoms with Crippen molar-refractivity contribution in [1.82, 2.24) is 0 Å². The second-order valence-corrected chi connectivity index (χ2v) is 10.1. The average Bonchev–Trinajstić information content (AvgIpc) is 2.84. The van der Waals surface area contributed by atoms with Crippen molar-refractivity contribution in [1.29, 1.82) is 0 Å². The lowest BCUT2D eigenvalue weighted by molar-refractivity contribution is -0.324. The molecule has 0 amide bonds. The van der Waals surface area contributed by atoms with Crippen LogP contribution in [0.25, 0.3) is 0 Å². The number of Topliss-reactive ketones (excluding diaryl/α,β-unsaturated/α-hetero) is 1. The Morgan fingerprint density at radius 3 is 1.40 bits per heavy atom. The van der Waals surface area contributed by atoms with Crippen LogP contribution >= 0.6 is 0 Å². The van der Waals surface area contributed by atoms with Crippen molar-refractivity contribution < 1.29 is 53.0 Å². The fourth-order valence-corrected chi connectivity index (χ4v) is 4.95. The van der Waals surface area contributed by atoms with Gasteiger partial charge in [0.25, 0.3) is 0 Å². The first kappa shape index (κ1) is 28.7. The molecule has 0 radical (unpaired) electrons. The number of hydrogen-bond acceptors (Lipinski definition) is 11. The van der Waals surface area contributed by atoms with Crippen molar-refractivity contribution in [2.45, 2.75) is 64.9 Å². The number of methoxy groups -OCH3 is 2. The maximum atomic E-state index is 13.5. The molecule has 198 valence electrons. The topological polar surface area (TPSA) is 141 Å². The second-order valence-electron chi connectivity index (χ2n) is 10.1. The summed E-state index contributed by atoms with van der Waals surface area (Å²) in [5, 5.41) is 0. The van der Waals surface area contributed by atoms with Gasteiger partial charge in [-0.3, -0.25) is 24.2 Å². The van der Waals surface area contributed by atoms with E-state index in [2.05, 4.69) is 9.78 Å². The first-order chi connectivity index (χ1) is 16.4. The largest absolute Gasteiger partial charge is 0.469 e. The number of hydrogen-bond donors (Lipinski definition) is 0. The number of rotatable bonds is 8. The molecule has 0 bridgehead atoms. The number of ketones is 1. The molecule has 6 atom stereocenters. The Labute approximate surface area is 204 Å². The number of ether oxygens (including phenoxy) is 2. The molecule has 11 nitrogen and oxygen atoms in total. The Balaban J connectivity index is 2.16. The molecule has 2 rings (SSSR count). The SMILES string of the molecule is COOC(=O)C1CC(C(=O)C2CCC(C(=O)OC)C(C(=O)OOC(C)(C)C)C2)CCC1C(=O)OC. The Morgan fingerprint density at radius 2 is 1.03 bits per heavy atom. The molecule has 6 unspecified atom stereocenters. The van der Waals surface area contributed by atoms with Gasteiger partial charge in [-0.05, 0) is 59.3 Å². The van der Waals surface area contributed by atoms with Gasteiger partial charge in [-0.2, -0.15) is 9.78 Å². The van der Waals surface area contributed by atoms with E-state index >= 15 is 0 Å². The zero-order valence-corrected chi connectivity index (χ0v) is 21.2. The Kier molecular flexibility index (Phi) is 10.2. The normalized spacial score (nSPS) is 29.0. The van der Waals surface area contributed by atoms with Crippen LogP contribution in [0.4, 0.5) is 0 Å². The van der Waals surface area contributed by atoms with Gasteiger partial charge in [0.1, 0.15) is 11.4 Å². The summed E-state index contributed by atoms with van der Waals surface area (Å²) in [5.41, 5.74) is -0.746. The Morgan fingerprint density at radius 1 is 0.600 bits per heavy atom. The van der Waals surface area contributed by atoms with Crippen LogP contribution in [0.1, 0.15) is 59.3 Å². The van der Waals surface area contributed by atoms with Crippen LogP contribution in [0.2, 0.25) is 0 Å². The van der Waals surface area contributed by atoms with Crippen LogP contribution in [0, 0.1) is 35.5 Å². The van der Waals surface area contributed by atoms with Crippen LogP contribution < -0.4 is 0 Å². The second kappa shape index (κ2) is 12.4. The molecule has 0 aromatic heterocycles. The van der Waals surface area contributed by atoms with E-state index in [1.54, 1.807) is 20.8 Å². The zero-order chi connectivity index (χ0) is 26.3. The number of carbonyl (C=O) groups excluding carboxylic acids is 5. The molecule has 0 aromatic carbocycles. The molecule has 2 aliphatic carbocycles. The van der Waals surface area contributed by atoms with E-state index in [4.69, 9.17) is 19.2 Å². The third-order valence-electron chi connectivity index (χ3n) is 6.66. The molecule has 35 heavy (non-hydrogen) atoms. The molecule has 0 heterocycles. The lowest BCUT2D eigenvalue weighted by atomic mass is 9.66. The minimum atomic E-state index is -0.909. The van der Waals surface area contributed by atoms with Crippen molar-refractivity contribution in [3.63, 3.8) is 0 Å². The van der Waals surface area contributed by atoms with E-state index in [-0.39, 0.29) is 31.5 Å². The van der Waals surface area contributed by atoms with Crippen LogP contribution in [-0.4, -0.2) is 56.6 Å². The molecular weight excluding hydrogens is 464 g/mol. The zero-order valence-electron chi connectivity index (χ0n) is 21.2. The third kappa shape index (κ3) is 7.47. The quantitative estimate of drug-likeness (QED) is 0.275. The Hall–Kier alpha value is -2.53. The summed E-state index contributed by atoms with van der Waals surface area (Å²) in [6.45, 7) is 5.13. The molecule has 2 saturated carbocycles. The van der Waals surface area contributed by atoms with Crippen molar-refractivity contribution in [3.05, 3.63) is 0 Å². The predicted octanol–water partition coefficient (Wildman–Crippen LogP) is 2.34. The van der Waals surface area contributed by atoms with E-state index in [0.29, 0.717) is 12.8 Å². The van der Waals surface area contributed by atoms with Gasteiger partial charge in [0.15, 0.2) is 0 Å². The predicted molar refractivity (Wildman–Crippen MR) is 118 cm³/mol. The first-order valence-electron chi connectivity index (χ1n) is 11.8. The monoisotopic (exact) mass is 500 g/mol. The molecule has 11 heteroatoms. The van der Waals surface area contributed by atoms with Crippen LogP contribution in [0.5, 0.6) is 0 Å². The van der Waals surface area contributed by atoms with Gasteiger partial charge >= 0.3 is 23.9 Å². The van der Waals surface area contributed by atoms with Gasteiger partial charge in [0.2, 0.25) is 0 Å². The van der Waals surface area contributed by atoms with Gasteiger partial charge < -0.3 is 9.47 Å². The van der Waals surface area contributed by atoms with Crippen LogP contribution in [0.3, 0.4) is 0 Å². The van der Waals surface area contributed by atoms with Gasteiger partial charge in [0, 0.05) is 11.8 Å². The highest BCUT2D eigenvalue weighted by atomic mass is 17.2. The van der Waals surface area contributed by atoms with Crippen molar-refractivity contribution in [2.24, 2.45) is 35.5 Å². The summed E-state index contributed by atoms with van der Waals surface area (Å²) in [5.74, 6) is -7.02. The van der Waals surface area contributed by atoms with E-state index < -0.39 is 65.0 Å². The first-order valence-corrected chi connectivity index (χ1v) is 11.8. The smallest absolute Gasteiger partial charge is 0.346 e. The molecular formula is C24H36O11. The standard InChI is InChI=1S/C24H36O11/c1-24(2,3)35-34-23(29)18-12-14(8-10-16(18)21(27)31-5)19(25)13-7-9-15(20(26)30-4)17(11-13)22(28)33-32-6/h13-18H,7-12H2,1-6H3.